The van der Waals surface area contributed by atoms with Crippen LogP contribution in [0.25, 0.3) is 0 Å². The molecule has 0 amide bonds. The summed E-state index contributed by atoms with van der Waals surface area (Å²) >= 11 is 0. The van der Waals surface area contributed by atoms with Gasteiger partial charge in [-0.2, -0.15) is 0 Å². The fourth-order valence-corrected chi connectivity index (χ4v) is 1.24. The summed E-state index contributed by atoms with van der Waals surface area (Å²) in [7, 11) is 0. The van der Waals surface area contributed by atoms with Crippen LogP contribution in [0.5, 0.6) is 0 Å². The molecular formula is C10H10N4O. The number of aldehydes is 1. The van der Waals surface area contributed by atoms with Gasteiger partial charge in [0.15, 0.2) is 6.29 Å². The van der Waals surface area contributed by atoms with Crippen LogP contribution in [0, 0.1) is 6.92 Å². The number of carbonyl (C=O) groups excluding carboxylic acids is 1. The normalized spacial score (nSPS) is 10.2. The predicted octanol–water partition coefficient (Wildman–Crippen LogP) is 0.842. The van der Waals surface area contributed by atoms with Gasteiger partial charge in [-0.15, -0.1) is 0 Å². The second-order valence-corrected chi connectivity index (χ2v) is 3.21. The van der Waals surface area contributed by atoms with E-state index in [1.54, 1.807) is 23.3 Å². The van der Waals surface area contributed by atoms with E-state index >= 15 is 0 Å². The van der Waals surface area contributed by atoms with Crippen molar-refractivity contribution >= 4 is 6.29 Å². The topological polar surface area (TPSA) is 60.7 Å². The number of aryl methyl sites for hydroxylation is 1. The van der Waals surface area contributed by atoms with Gasteiger partial charge in [-0.3, -0.25) is 14.8 Å². The van der Waals surface area contributed by atoms with Crippen molar-refractivity contribution < 1.29 is 4.79 Å². The average Bonchev–Trinajstić information content (AvgIpc) is 2.69. The summed E-state index contributed by atoms with van der Waals surface area (Å²) < 4.78 is 1.73. The summed E-state index contributed by atoms with van der Waals surface area (Å²) in [6.45, 7) is 2.40. The summed E-state index contributed by atoms with van der Waals surface area (Å²) in [5.74, 6) is 0. The van der Waals surface area contributed by atoms with Crippen molar-refractivity contribution in [2.45, 2.75) is 13.5 Å². The van der Waals surface area contributed by atoms with Gasteiger partial charge < -0.3 is 4.57 Å². The average molecular weight is 202 g/mol. The molecule has 2 aromatic rings. The zero-order chi connectivity index (χ0) is 10.7. The van der Waals surface area contributed by atoms with E-state index in [9.17, 15) is 4.79 Å². The van der Waals surface area contributed by atoms with Crippen LogP contribution in [0.4, 0.5) is 0 Å². The van der Waals surface area contributed by atoms with E-state index < -0.39 is 0 Å². The minimum Gasteiger partial charge on any atom is -0.322 e. The third-order valence-corrected chi connectivity index (χ3v) is 2.03. The Morgan fingerprint density at radius 1 is 1.33 bits per heavy atom. The Labute approximate surface area is 86.8 Å². The zero-order valence-electron chi connectivity index (χ0n) is 8.29. The number of hydrogen-bond donors (Lipinski definition) is 0. The lowest BCUT2D eigenvalue weighted by molar-refractivity contribution is 0.111. The van der Waals surface area contributed by atoms with Crippen LogP contribution in [0.15, 0.2) is 24.9 Å². The molecule has 0 fully saturated rings. The molecule has 2 rings (SSSR count). The van der Waals surface area contributed by atoms with Gasteiger partial charge in [0.1, 0.15) is 5.69 Å². The number of nitrogens with zero attached hydrogens (tertiary/aromatic N) is 4. The Balaban J connectivity index is 2.21. The van der Waals surface area contributed by atoms with Crippen LogP contribution in [0.1, 0.15) is 21.9 Å². The number of rotatable bonds is 3. The molecule has 0 saturated carbocycles. The highest BCUT2D eigenvalue weighted by Gasteiger charge is 2.02. The van der Waals surface area contributed by atoms with E-state index in [4.69, 9.17) is 0 Å². The first-order valence-electron chi connectivity index (χ1n) is 4.52. The highest BCUT2D eigenvalue weighted by molar-refractivity contribution is 5.71. The monoisotopic (exact) mass is 202 g/mol. The minimum absolute atomic E-state index is 0.515. The van der Waals surface area contributed by atoms with Crippen molar-refractivity contribution in [2.75, 3.05) is 0 Å². The van der Waals surface area contributed by atoms with Crippen LogP contribution < -0.4 is 0 Å². The second-order valence-electron chi connectivity index (χ2n) is 3.21. The highest BCUT2D eigenvalue weighted by Crippen LogP contribution is 2.01. The van der Waals surface area contributed by atoms with Gasteiger partial charge in [-0.25, -0.2) is 4.98 Å². The summed E-state index contributed by atoms with van der Waals surface area (Å²) in [6.07, 6.45) is 7.30. The molecular weight excluding hydrogens is 192 g/mol. The molecule has 0 aliphatic carbocycles. The van der Waals surface area contributed by atoms with Crippen LogP contribution >= 0.6 is 0 Å². The molecule has 2 heterocycles. The van der Waals surface area contributed by atoms with Gasteiger partial charge >= 0.3 is 0 Å². The molecule has 0 N–H and O–H groups in total. The molecule has 0 aromatic carbocycles. The Bertz CT molecular complexity index is 461. The van der Waals surface area contributed by atoms with E-state index in [-0.39, 0.29) is 0 Å². The summed E-state index contributed by atoms with van der Waals surface area (Å²) in [5.41, 5.74) is 2.22. The van der Waals surface area contributed by atoms with E-state index in [1.807, 2.05) is 6.92 Å². The third kappa shape index (κ3) is 2.07. The molecule has 76 valence electrons. The molecule has 0 radical (unpaired) electrons. The summed E-state index contributed by atoms with van der Waals surface area (Å²) in [4.78, 5) is 22.9. The van der Waals surface area contributed by atoms with E-state index in [1.165, 1.54) is 6.20 Å². The molecule has 15 heavy (non-hydrogen) atoms. The van der Waals surface area contributed by atoms with Crippen LogP contribution in [0.3, 0.4) is 0 Å². The molecule has 2 aromatic heterocycles. The van der Waals surface area contributed by atoms with Crippen LogP contribution in [-0.2, 0) is 6.54 Å². The smallest absolute Gasteiger partial charge is 0.168 e. The number of carbonyl (C=O) groups is 1. The van der Waals surface area contributed by atoms with Crippen molar-refractivity contribution in [3.05, 3.63) is 42.0 Å². The maximum Gasteiger partial charge on any atom is 0.168 e. The van der Waals surface area contributed by atoms with Gasteiger partial charge in [-0.1, -0.05) is 0 Å². The van der Waals surface area contributed by atoms with Gasteiger partial charge in [0.25, 0.3) is 0 Å². The molecule has 0 atom stereocenters. The maximum absolute atomic E-state index is 10.6. The molecule has 5 nitrogen and oxygen atoms in total. The standard InChI is InChI=1S/C10H10N4O/c1-8-2-13-9(3-12-8)5-14-7-11-4-10(14)6-15/h2-4,6-7H,5H2,1H3. The minimum atomic E-state index is 0.515. The van der Waals surface area contributed by atoms with Gasteiger partial charge in [0, 0.05) is 6.20 Å². The van der Waals surface area contributed by atoms with Crippen LogP contribution in [0.2, 0.25) is 0 Å². The third-order valence-electron chi connectivity index (χ3n) is 2.03. The van der Waals surface area contributed by atoms with E-state index in [0.29, 0.717) is 12.2 Å². The molecule has 5 heteroatoms. The lowest BCUT2D eigenvalue weighted by atomic mass is 10.4. The van der Waals surface area contributed by atoms with Crippen molar-refractivity contribution in [3.63, 3.8) is 0 Å². The Kier molecular flexibility index (Phi) is 2.53. The maximum atomic E-state index is 10.6. The van der Waals surface area contributed by atoms with Crippen molar-refractivity contribution in [3.8, 4) is 0 Å². The lowest BCUT2D eigenvalue weighted by Crippen LogP contribution is -2.04. The van der Waals surface area contributed by atoms with Crippen molar-refractivity contribution in [1.82, 2.24) is 19.5 Å². The Morgan fingerprint density at radius 2 is 2.20 bits per heavy atom. The number of imidazole rings is 1. The molecule has 0 aliphatic heterocycles. The zero-order valence-corrected chi connectivity index (χ0v) is 8.29. The largest absolute Gasteiger partial charge is 0.322 e. The van der Waals surface area contributed by atoms with Crippen molar-refractivity contribution in [1.29, 1.82) is 0 Å². The fraction of sp³-hybridized carbons (Fsp3) is 0.200. The van der Waals surface area contributed by atoms with Gasteiger partial charge in [0.2, 0.25) is 0 Å². The molecule has 0 spiro atoms. The number of aromatic nitrogens is 4. The van der Waals surface area contributed by atoms with Gasteiger partial charge in [0.05, 0.1) is 36.7 Å². The molecule has 0 unspecified atom stereocenters. The lowest BCUT2D eigenvalue weighted by Gasteiger charge is -2.03. The molecule has 0 bridgehead atoms. The van der Waals surface area contributed by atoms with E-state index in [2.05, 4.69) is 15.0 Å². The SMILES string of the molecule is Cc1cnc(Cn2cncc2C=O)cn1. The van der Waals surface area contributed by atoms with Gasteiger partial charge in [-0.05, 0) is 6.92 Å². The second kappa shape index (κ2) is 4.00. The number of hydrogen-bond acceptors (Lipinski definition) is 4. The van der Waals surface area contributed by atoms with Crippen LogP contribution in [-0.4, -0.2) is 25.8 Å². The first-order valence-corrected chi connectivity index (χ1v) is 4.52. The summed E-state index contributed by atoms with van der Waals surface area (Å²) in [5, 5.41) is 0. The molecule has 0 saturated heterocycles. The Hall–Kier alpha value is -2.04. The predicted molar refractivity (Wildman–Crippen MR) is 53.5 cm³/mol. The first-order chi connectivity index (χ1) is 7.29. The highest BCUT2D eigenvalue weighted by atomic mass is 16.1. The fourth-order valence-electron chi connectivity index (χ4n) is 1.24. The quantitative estimate of drug-likeness (QED) is 0.692. The summed E-state index contributed by atoms with van der Waals surface area (Å²) in [6, 6.07) is 0. The first kappa shape index (κ1) is 9.51. The Morgan fingerprint density at radius 3 is 2.87 bits per heavy atom. The van der Waals surface area contributed by atoms with E-state index in [0.717, 1.165) is 17.7 Å². The molecule has 0 aliphatic rings. The van der Waals surface area contributed by atoms with Crippen molar-refractivity contribution in [2.24, 2.45) is 0 Å².